The van der Waals surface area contributed by atoms with E-state index in [1.54, 1.807) is 54.4 Å². The molecule has 0 radical (unpaired) electrons. The normalized spacial score (nSPS) is 25.9. The molecule has 6 bridgehead atoms. The number of nitrogen functional groups attached to an aromatic ring is 1. The fourth-order valence-corrected chi connectivity index (χ4v) is 7.29. The van der Waals surface area contributed by atoms with Crippen molar-refractivity contribution < 1.29 is 14.0 Å². The fraction of sp³-hybridized carbons (Fsp3) is 0.286. The summed E-state index contributed by atoms with van der Waals surface area (Å²) in [4.78, 5) is 34.8. The molecule has 8 nitrogen and oxygen atoms in total. The minimum atomic E-state index is -0.582. The van der Waals surface area contributed by atoms with Gasteiger partial charge in [-0.05, 0) is 60.6 Å². The van der Waals surface area contributed by atoms with E-state index in [2.05, 4.69) is 25.9 Å². The zero-order valence-corrected chi connectivity index (χ0v) is 21.2. The highest BCUT2D eigenvalue weighted by Crippen LogP contribution is 2.53. The maximum absolute atomic E-state index is 14.9. The molecule has 38 heavy (non-hydrogen) atoms. The quantitative estimate of drug-likeness (QED) is 0.366. The van der Waals surface area contributed by atoms with Crippen molar-refractivity contribution in [3.63, 3.8) is 0 Å². The van der Waals surface area contributed by atoms with E-state index in [1.165, 1.54) is 0 Å². The van der Waals surface area contributed by atoms with Crippen molar-refractivity contribution in [1.29, 1.82) is 0 Å². The van der Waals surface area contributed by atoms with Gasteiger partial charge < -0.3 is 21.7 Å². The number of nitrogens with one attached hydrogen (secondary N) is 3. The third kappa shape index (κ3) is 4.83. The minimum Gasteiger partial charge on any atom is -0.399 e. The van der Waals surface area contributed by atoms with E-state index in [0.717, 1.165) is 24.6 Å². The second-order valence-electron chi connectivity index (χ2n) is 9.97. The van der Waals surface area contributed by atoms with Crippen molar-refractivity contribution in [3.05, 3.63) is 77.9 Å². The van der Waals surface area contributed by atoms with Gasteiger partial charge in [-0.1, -0.05) is 24.3 Å². The number of hydrogen-bond donors (Lipinski definition) is 4. The topological polar surface area (TPSA) is 122 Å². The molecule has 1 aliphatic heterocycles. The van der Waals surface area contributed by atoms with Crippen LogP contribution in [0.5, 0.6) is 0 Å². The Kier molecular flexibility index (Phi) is 6.49. The predicted molar refractivity (Wildman–Crippen MR) is 147 cm³/mol. The van der Waals surface area contributed by atoms with Gasteiger partial charge in [0.05, 0.1) is 17.9 Å². The summed E-state index contributed by atoms with van der Waals surface area (Å²) in [5, 5.41) is 9.43. The highest BCUT2D eigenvalue weighted by molar-refractivity contribution is 8.00. The Morgan fingerprint density at radius 3 is 2.87 bits per heavy atom. The predicted octanol–water partition coefficient (Wildman–Crippen LogP) is 4.46. The molecule has 6 rings (SSSR count). The molecule has 5 N–H and O–H groups in total. The van der Waals surface area contributed by atoms with Gasteiger partial charge in [0.25, 0.3) is 0 Å². The van der Waals surface area contributed by atoms with Crippen LogP contribution >= 0.6 is 11.8 Å². The second-order valence-corrected chi connectivity index (χ2v) is 11.2. The lowest BCUT2D eigenvalue weighted by Gasteiger charge is -2.35. The summed E-state index contributed by atoms with van der Waals surface area (Å²) in [6.07, 6.45) is 6.22. The summed E-state index contributed by atoms with van der Waals surface area (Å²) in [5.41, 5.74) is 8.57. The van der Waals surface area contributed by atoms with Crippen LogP contribution in [0.4, 0.5) is 27.5 Å². The van der Waals surface area contributed by atoms with Gasteiger partial charge in [-0.15, -0.1) is 11.8 Å². The molecule has 10 heteroatoms. The Morgan fingerprint density at radius 2 is 2.03 bits per heavy atom. The summed E-state index contributed by atoms with van der Waals surface area (Å²) in [7, 11) is 0. The molecule has 1 aromatic heterocycles. The Labute approximate surface area is 223 Å². The largest absolute Gasteiger partial charge is 0.399 e. The van der Waals surface area contributed by atoms with Crippen molar-refractivity contribution in [2.45, 2.75) is 24.1 Å². The molecule has 2 saturated carbocycles. The zero-order chi connectivity index (χ0) is 26.2. The summed E-state index contributed by atoms with van der Waals surface area (Å²) >= 11 is 1.63. The van der Waals surface area contributed by atoms with Crippen LogP contribution in [0.2, 0.25) is 0 Å². The molecule has 3 aromatic rings. The van der Waals surface area contributed by atoms with Crippen LogP contribution in [0.1, 0.15) is 28.8 Å². The minimum absolute atomic E-state index is 0.0470. The molecule has 5 atom stereocenters. The maximum atomic E-state index is 14.9. The number of hydrogen-bond acceptors (Lipinski definition) is 8. The average Bonchev–Trinajstić information content (AvgIpc) is 3.48. The number of halogens is 1. The van der Waals surface area contributed by atoms with Gasteiger partial charge in [0.2, 0.25) is 11.9 Å². The Morgan fingerprint density at radius 1 is 1.18 bits per heavy atom. The van der Waals surface area contributed by atoms with E-state index in [4.69, 9.17) is 5.73 Å². The summed E-state index contributed by atoms with van der Waals surface area (Å²) in [6.45, 7) is 0. The lowest BCUT2D eigenvalue weighted by atomic mass is 9.83. The van der Waals surface area contributed by atoms with Gasteiger partial charge in [0, 0.05) is 34.4 Å². The average molecular weight is 531 g/mol. The zero-order valence-electron chi connectivity index (χ0n) is 20.4. The number of rotatable bonds is 3. The molecule has 2 fully saturated rings. The molecule has 1 amide bonds. The number of benzene rings is 2. The number of fused-ring (bicyclic) bond motifs is 5. The number of carbonyl (C=O) groups is 2. The monoisotopic (exact) mass is 530 g/mol. The smallest absolute Gasteiger partial charge is 0.229 e. The standard InChI is InChI=1S/C28H27FN6O2S/c29-21-13-32-28-33-19-3-1-2-16(10-19)22(36)14-38-23-12-17-11-20(23)25(34-26(21)35-28)24(17)27(37)31-9-8-15-4-6-18(30)7-5-15/h1-10,13,17,20,23-25H,11-12,14,30H2,(H,31,37)(H2,32,33,34,35)/b9-8+/t17-,20-,23-,24+,25-/m1/s1. The van der Waals surface area contributed by atoms with E-state index in [-0.39, 0.29) is 52.5 Å². The van der Waals surface area contributed by atoms with Gasteiger partial charge in [-0.2, -0.15) is 4.98 Å². The number of carbonyl (C=O) groups excluding carboxylic acids is 2. The highest BCUT2D eigenvalue weighted by Gasteiger charge is 2.55. The number of nitrogens with zero attached hydrogens (tertiary/aromatic N) is 2. The number of amides is 1. The fourth-order valence-electron chi connectivity index (χ4n) is 5.84. The van der Waals surface area contributed by atoms with Crippen molar-refractivity contribution >= 4 is 52.7 Å². The van der Waals surface area contributed by atoms with Gasteiger partial charge >= 0.3 is 0 Å². The number of anilines is 4. The maximum Gasteiger partial charge on any atom is 0.229 e. The lowest BCUT2D eigenvalue weighted by Crippen LogP contribution is -2.47. The van der Waals surface area contributed by atoms with E-state index >= 15 is 0 Å². The van der Waals surface area contributed by atoms with Crippen LogP contribution in [0.15, 0.2) is 60.9 Å². The number of thioether (sulfide) groups is 1. The second kappa shape index (κ2) is 10.1. The van der Waals surface area contributed by atoms with E-state index < -0.39 is 5.82 Å². The van der Waals surface area contributed by atoms with Crippen LogP contribution in [-0.4, -0.2) is 38.7 Å². The Balaban J connectivity index is 1.28. The summed E-state index contributed by atoms with van der Waals surface area (Å²) in [5.74, 6) is -0.197. The molecule has 2 heterocycles. The number of Topliss-reactive ketones (excluding diaryl/α,β-unsaturated/α-hetero) is 1. The number of ketones is 1. The molecule has 2 aliphatic carbocycles. The molecule has 0 unspecified atom stereocenters. The van der Waals surface area contributed by atoms with E-state index in [1.807, 2.05) is 18.2 Å². The summed E-state index contributed by atoms with van der Waals surface area (Å²) in [6, 6.07) is 14.2. The van der Waals surface area contributed by atoms with Gasteiger partial charge in [-0.3, -0.25) is 9.59 Å². The SMILES string of the molecule is Nc1ccc(/C=C/NC(=O)[C@H]2[C@@H]3C[C@H]4[C@H]2Nc2nc(ncc2F)Nc2cccc(c2)C(=O)CS[C@@H]4C3)cc1. The lowest BCUT2D eigenvalue weighted by molar-refractivity contribution is -0.125. The highest BCUT2D eigenvalue weighted by atomic mass is 32.2. The molecule has 2 aromatic carbocycles. The van der Waals surface area contributed by atoms with Crippen LogP contribution < -0.4 is 21.7 Å². The van der Waals surface area contributed by atoms with Crippen LogP contribution in [0, 0.1) is 23.6 Å². The molecular formula is C28H27FN6O2S. The first kappa shape index (κ1) is 24.4. The number of nitrogens with two attached hydrogens (primary N) is 1. The van der Waals surface area contributed by atoms with Gasteiger partial charge in [0.1, 0.15) is 0 Å². The van der Waals surface area contributed by atoms with Crippen LogP contribution in [0.3, 0.4) is 0 Å². The van der Waals surface area contributed by atoms with E-state index in [9.17, 15) is 14.0 Å². The van der Waals surface area contributed by atoms with Crippen LogP contribution in [-0.2, 0) is 4.79 Å². The molecular weight excluding hydrogens is 503 g/mol. The van der Waals surface area contributed by atoms with Gasteiger partial charge in [0.15, 0.2) is 17.4 Å². The van der Waals surface area contributed by atoms with Crippen molar-refractivity contribution in [3.8, 4) is 0 Å². The number of aromatic nitrogens is 2. The van der Waals surface area contributed by atoms with E-state index in [0.29, 0.717) is 22.7 Å². The Hall–Kier alpha value is -3.92. The first-order valence-corrected chi connectivity index (χ1v) is 13.6. The van der Waals surface area contributed by atoms with Crippen LogP contribution in [0.25, 0.3) is 6.08 Å². The first-order chi connectivity index (χ1) is 18.4. The molecule has 194 valence electrons. The van der Waals surface area contributed by atoms with Gasteiger partial charge in [-0.25, -0.2) is 9.37 Å². The molecule has 0 saturated heterocycles. The first-order valence-electron chi connectivity index (χ1n) is 12.6. The third-order valence-corrected chi connectivity index (χ3v) is 9.00. The third-order valence-electron chi connectivity index (χ3n) is 7.60. The summed E-state index contributed by atoms with van der Waals surface area (Å²) < 4.78 is 14.9. The van der Waals surface area contributed by atoms with Crippen molar-refractivity contribution in [2.75, 3.05) is 22.1 Å². The Bertz CT molecular complexity index is 1410. The van der Waals surface area contributed by atoms with Crippen molar-refractivity contribution in [2.24, 2.45) is 17.8 Å². The molecule has 0 spiro atoms. The van der Waals surface area contributed by atoms with Crippen molar-refractivity contribution in [1.82, 2.24) is 15.3 Å². The molecule has 3 aliphatic rings.